The van der Waals surface area contributed by atoms with E-state index < -0.39 is 0 Å². The van der Waals surface area contributed by atoms with Crippen LogP contribution >= 0.6 is 0 Å². The normalized spacial score (nSPS) is 26.7. The Bertz CT molecular complexity index is 221. The molecule has 0 aromatic heterocycles. The Labute approximate surface area is 97.8 Å². The van der Waals surface area contributed by atoms with Crippen LogP contribution in [0.4, 0.5) is 0 Å². The molecule has 0 aliphatic carbocycles. The Balaban J connectivity index is 2.60. The van der Waals surface area contributed by atoms with Gasteiger partial charge < -0.3 is 15.7 Å². The summed E-state index contributed by atoms with van der Waals surface area (Å²) in [5.41, 5.74) is -0.239. The largest absolute Gasteiger partial charge is 0.394 e. The van der Waals surface area contributed by atoms with Crippen LogP contribution < -0.4 is 10.6 Å². The maximum Gasteiger partial charge on any atom is 0.227 e. The maximum absolute atomic E-state index is 12.2. The summed E-state index contributed by atoms with van der Waals surface area (Å²) in [4.78, 5) is 12.2. The third-order valence-electron chi connectivity index (χ3n) is 3.50. The van der Waals surface area contributed by atoms with Crippen molar-refractivity contribution in [1.29, 1.82) is 0 Å². The molecule has 1 amide bonds. The molecule has 2 atom stereocenters. The number of rotatable bonds is 6. The van der Waals surface area contributed by atoms with Crippen LogP contribution in [0.3, 0.4) is 0 Å². The number of carbonyl (C=O) groups excluding carboxylic acids is 1. The van der Waals surface area contributed by atoms with Crippen molar-refractivity contribution in [3.8, 4) is 0 Å². The van der Waals surface area contributed by atoms with Crippen molar-refractivity contribution in [3.05, 3.63) is 0 Å². The minimum absolute atomic E-state index is 0.0257. The van der Waals surface area contributed by atoms with E-state index >= 15 is 0 Å². The van der Waals surface area contributed by atoms with Crippen LogP contribution in [-0.2, 0) is 4.79 Å². The first-order valence-electron chi connectivity index (χ1n) is 6.31. The summed E-state index contributed by atoms with van der Waals surface area (Å²) in [7, 11) is 0. The third kappa shape index (κ3) is 2.95. The SMILES string of the molecule is CCCC1(C(=O)NC(CC)CO)CCNC1. The van der Waals surface area contributed by atoms with Crippen molar-refractivity contribution in [1.82, 2.24) is 10.6 Å². The van der Waals surface area contributed by atoms with Crippen LogP contribution in [0.5, 0.6) is 0 Å². The lowest BCUT2D eigenvalue weighted by molar-refractivity contribution is -0.131. The lowest BCUT2D eigenvalue weighted by Crippen LogP contribution is -2.47. The molecule has 1 rings (SSSR count). The van der Waals surface area contributed by atoms with E-state index in [1.54, 1.807) is 0 Å². The summed E-state index contributed by atoms with van der Waals surface area (Å²) in [6.07, 6.45) is 3.63. The monoisotopic (exact) mass is 228 g/mol. The highest BCUT2D eigenvalue weighted by molar-refractivity contribution is 5.83. The van der Waals surface area contributed by atoms with Crippen LogP contribution in [0.15, 0.2) is 0 Å². The Morgan fingerprint density at radius 3 is 2.75 bits per heavy atom. The number of aliphatic hydroxyl groups is 1. The van der Waals surface area contributed by atoms with Gasteiger partial charge in [-0.2, -0.15) is 0 Å². The van der Waals surface area contributed by atoms with Crippen LogP contribution in [0.25, 0.3) is 0 Å². The van der Waals surface area contributed by atoms with E-state index in [-0.39, 0.29) is 24.0 Å². The highest BCUT2D eigenvalue weighted by Crippen LogP contribution is 2.31. The van der Waals surface area contributed by atoms with E-state index in [4.69, 9.17) is 5.11 Å². The summed E-state index contributed by atoms with van der Waals surface area (Å²) >= 11 is 0. The molecule has 94 valence electrons. The number of amides is 1. The Morgan fingerprint density at radius 1 is 1.56 bits per heavy atom. The average Bonchev–Trinajstić information content (AvgIpc) is 2.76. The molecule has 4 nitrogen and oxygen atoms in total. The van der Waals surface area contributed by atoms with Crippen molar-refractivity contribution in [2.24, 2.45) is 5.41 Å². The van der Waals surface area contributed by atoms with E-state index in [1.165, 1.54) is 0 Å². The Morgan fingerprint density at radius 2 is 2.31 bits per heavy atom. The quantitative estimate of drug-likeness (QED) is 0.625. The first-order valence-corrected chi connectivity index (χ1v) is 6.31. The van der Waals surface area contributed by atoms with Crippen molar-refractivity contribution in [2.75, 3.05) is 19.7 Å². The van der Waals surface area contributed by atoms with Crippen molar-refractivity contribution in [3.63, 3.8) is 0 Å². The first kappa shape index (κ1) is 13.5. The predicted molar refractivity (Wildman–Crippen MR) is 64.1 cm³/mol. The fourth-order valence-electron chi connectivity index (χ4n) is 2.36. The molecule has 2 unspecified atom stereocenters. The van der Waals surface area contributed by atoms with Gasteiger partial charge in [-0.15, -0.1) is 0 Å². The summed E-state index contributed by atoms with van der Waals surface area (Å²) < 4.78 is 0. The van der Waals surface area contributed by atoms with Crippen LogP contribution in [-0.4, -0.2) is 36.8 Å². The zero-order chi connectivity index (χ0) is 12.0. The summed E-state index contributed by atoms with van der Waals surface area (Å²) in [6.45, 7) is 5.80. The molecule has 1 heterocycles. The fourth-order valence-corrected chi connectivity index (χ4v) is 2.36. The van der Waals surface area contributed by atoms with Gasteiger partial charge in [0.05, 0.1) is 18.1 Å². The zero-order valence-electron chi connectivity index (χ0n) is 10.4. The molecule has 0 spiro atoms. The van der Waals surface area contributed by atoms with Crippen molar-refractivity contribution < 1.29 is 9.90 Å². The summed E-state index contributed by atoms with van der Waals surface area (Å²) in [5.74, 6) is 0.111. The van der Waals surface area contributed by atoms with Gasteiger partial charge >= 0.3 is 0 Å². The van der Waals surface area contributed by atoms with E-state index in [1.807, 2.05) is 6.92 Å². The average molecular weight is 228 g/mol. The number of hydrogen-bond acceptors (Lipinski definition) is 3. The lowest BCUT2D eigenvalue weighted by Gasteiger charge is -2.28. The minimum Gasteiger partial charge on any atom is -0.394 e. The summed E-state index contributed by atoms with van der Waals surface area (Å²) in [5, 5.41) is 15.3. The molecule has 0 aromatic rings. The van der Waals surface area contributed by atoms with Gasteiger partial charge in [0.25, 0.3) is 0 Å². The van der Waals surface area contributed by atoms with E-state index in [2.05, 4.69) is 17.6 Å². The Hall–Kier alpha value is -0.610. The number of aliphatic hydroxyl groups excluding tert-OH is 1. The number of nitrogens with one attached hydrogen (secondary N) is 2. The second-order valence-corrected chi connectivity index (χ2v) is 4.72. The van der Waals surface area contributed by atoms with Crippen LogP contribution in [0, 0.1) is 5.41 Å². The highest BCUT2D eigenvalue weighted by Gasteiger charge is 2.40. The highest BCUT2D eigenvalue weighted by atomic mass is 16.3. The van der Waals surface area contributed by atoms with E-state index in [0.717, 1.165) is 38.8 Å². The van der Waals surface area contributed by atoms with Gasteiger partial charge in [-0.1, -0.05) is 20.3 Å². The van der Waals surface area contributed by atoms with Crippen LogP contribution in [0.1, 0.15) is 39.5 Å². The van der Waals surface area contributed by atoms with Gasteiger partial charge in [-0.25, -0.2) is 0 Å². The molecule has 0 saturated carbocycles. The smallest absolute Gasteiger partial charge is 0.227 e. The molecular weight excluding hydrogens is 204 g/mol. The Kier molecular flexibility index (Phi) is 5.22. The molecule has 1 aliphatic heterocycles. The van der Waals surface area contributed by atoms with Gasteiger partial charge in [-0.05, 0) is 25.8 Å². The van der Waals surface area contributed by atoms with Crippen molar-refractivity contribution >= 4 is 5.91 Å². The maximum atomic E-state index is 12.2. The molecule has 1 fully saturated rings. The lowest BCUT2D eigenvalue weighted by atomic mass is 9.81. The standard InChI is InChI=1S/C12H24N2O2/c1-3-5-12(6-7-13-9-12)11(16)14-10(4-2)8-15/h10,13,15H,3-9H2,1-2H3,(H,14,16). The molecule has 3 N–H and O–H groups in total. The second kappa shape index (κ2) is 6.21. The van der Waals surface area contributed by atoms with Gasteiger partial charge in [0, 0.05) is 6.54 Å². The molecule has 1 aliphatic rings. The number of carbonyl (C=O) groups is 1. The molecule has 1 saturated heterocycles. The molecule has 0 radical (unpaired) electrons. The number of hydrogen-bond donors (Lipinski definition) is 3. The van der Waals surface area contributed by atoms with Gasteiger partial charge in [0.15, 0.2) is 0 Å². The molecule has 0 bridgehead atoms. The predicted octanol–water partition coefficient (Wildman–Crippen LogP) is 0.653. The molecular formula is C12H24N2O2. The van der Waals surface area contributed by atoms with Gasteiger partial charge in [0.2, 0.25) is 5.91 Å². The molecule has 4 heteroatoms. The van der Waals surface area contributed by atoms with E-state index in [0.29, 0.717) is 0 Å². The zero-order valence-corrected chi connectivity index (χ0v) is 10.4. The van der Waals surface area contributed by atoms with Gasteiger partial charge in [-0.3, -0.25) is 4.79 Å². The van der Waals surface area contributed by atoms with Gasteiger partial charge in [0.1, 0.15) is 0 Å². The fraction of sp³-hybridized carbons (Fsp3) is 0.917. The minimum atomic E-state index is -0.239. The van der Waals surface area contributed by atoms with Crippen molar-refractivity contribution in [2.45, 2.75) is 45.6 Å². The van der Waals surface area contributed by atoms with Crippen LogP contribution in [0.2, 0.25) is 0 Å². The third-order valence-corrected chi connectivity index (χ3v) is 3.50. The molecule has 0 aromatic carbocycles. The van der Waals surface area contributed by atoms with E-state index in [9.17, 15) is 4.79 Å². The topological polar surface area (TPSA) is 61.4 Å². The second-order valence-electron chi connectivity index (χ2n) is 4.72. The molecule has 16 heavy (non-hydrogen) atoms. The summed E-state index contributed by atoms with van der Waals surface area (Å²) in [6, 6.07) is -0.0955. The first-order chi connectivity index (χ1) is 7.68.